The lowest BCUT2D eigenvalue weighted by molar-refractivity contribution is 0.0954. The van der Waals surface area contributed by atoms with Gasteiger partial charge in [-0.3, -0.25) is 9.78 Å². The van der Waals surface area contributed by atoms with E-state index >= 15 is 0 Å². The van der Waals surface area contributed by atoms with Gasteiger partial charge in [0.2, 0.25) is 0 Å². The Balaban J connectivity index is 1.50. The molecule has 7 heteroatoms. The summed E-state index contributed by atoms with van der Waals surface area (Å²) in [6.07, 6.45) is 2.83. The summed E-state index contributed by atoms with van der Waals surface area (Å²) in [5.41, 5.74) is 5.32. The molecule has 4 aromatic rings. The summed E-state index contributed by atoms with van der Waals surface area (Å²) in [4.78, 5) is 16.2. The van der Waals surface area contributed by atoms with Crippen LogP contribution >= 0.6 is 0 Å². The first-order valence-corrected chi connectivity index (χ1v) is 9.59. The van der Waals surface area contributed by atoms with Crippen molar-refractivity contribution >= 4 is 34.3 Å². The van der Waals surface area contributed by atoms with E-state index in [0.29, 0.717) is 16.8 Å². The minimum atomic E-state index is -0.393. The third-order valence-electron chi connectivity index (χ3n) is 4.59. The van der Waals surface area contributed by atoms with Crippen LogP contribution in [0.15, 0.2) is 94.3 Å². The predicted molar refractivity (Wildman–Crippen MR) is 120 cm³/mol. The van der Waals surface area contributed by atoms with Crippen LogP contribution in [0.1, 0.15) is 21.6 Å². The minimum absolute atomic E-state index is 0.0131. The second-order valence-electron chi connectivity index (χ2n) is 6.83. The largest absolute Gasteiger partial charge is 0.507 e. The summed E-state index contributed by atoms with van der Waals surface area (Å²) < 4.78 is 0. The summed E-state index contributed by atoms with van der Waals surface area (Å²) in [5.74, 6) is -0.380. The number of nitrogens with one attached hydrogen (secondary N) is 1. The molecule has 0 atom stereocenters. The predicted octanol–water partition coefficient (Wildman–Crippen LogP) is 5.43. The Morgan fingerprint density at radius 2 is 1.84 bits per heavy atom. The summed E-state index contributed by atoms with van der Waals surface area (Å²) in [7, 11) is 0. The molecule has 0 spiro atoms. The first-order valence-electron chi connectivity index (χ1n) is 9.59. The van der Waals surface area contributed by atoms with E-state index in [1.54, 1.807) is 24.3 Å². The Morgan fingerprint density at radius 3 is 2.68 bits per heavy atom. The first-order chi connectivity index (χ1) is 15.1. The number of aryl methyl sites for hydroxylation is 1. The molecule has 0 unspecified atom stereocenters. The molecule has 1 aromatic heterocycles. The molecular formula is C24H19N5O2. The van der Waals surface area contributed by atoms with Crippen LogP contribution in [0.5, 0.6) is 5.75 Å². The lowest BCUT2D eigenvalue weighted by atomic mass is 10.1. The molecular weight excluding hydrogens is 390 g/mol. The van der Waals surface area contributed by atoms with Crippen molar-refractivity contribution in [2.75, 3.05) is 0 Å². The standard InChI is InChI=1S/C24H19N5O2/c1-16-9-10-18(14-25-16)24(31)29-26-15-19-13-20(11-12-23(19)30)27-28-22-8-4-6-17-5-2-3-7-21(17)22/h2-15,30H,1H3,(H,29,31)/b26-15+,28-27?. The van der Waals surface area contributed by atoms with Gasteiger partial charge in [-0.2, -0.15) is 10.2 Å². The van der Waals surface area contributed by atoms with Gasteiger partial charge in [0.05, 0.1) is 23.2 Å². The van der Waals surface area contributed by atoms with E-state index in [4.69, 9.17) is 0 Å². The quantitative estimate of drug-likeness (QED) is 0.261. The van der Waals surface area contributed by atoms with Gasteiger partial charge in [0.25, 0.3) is 5.91 Å². The fraction of sp³-hybridized carbons (Fsp3) is 0.0417. The number of amides is 1. The molecule has 7 nitrogen and oxygen atoms in total. The zero-order chi connectivity index (χ0) is 21.6. The van der Waals surface area contributed by atoms with Crippen LogP contribution in [0.4, 0.5) is 11.4 Å². The maximum atomic E-state index is 12.1. The van der Waals surface area contributed by atoms with Crippen molar-refractivity contribution in [1.82, 2.24) is 10.4 Å². The maximum Gasteiger partial charge on any atom is 0.272 e. The van der Waals surface area contributed by atoms with E-state index in [9.17, 15) is 9.90 Å². The first kappa shape index (κ1) is 19.9. The van der Waals surface area contributed by atoms with Crippen molar-refractivity contribution in [2.45, 2.75) is 6.92 Å². The Bertz CT molecular complexity index is 1290. The van der Waals surface area contributed by atoms with Crippen LogP contribution in [-0.2, 0) is 0 Å². The SMILES string of the molecule is Cc1ccc(C(=O)N/N=C/c2cc(N=Nc3cccc4ccccc34)ccc2O)cn1. The Hall–Kier alpha value is -4.39. The number of rotatable bonds is 5. The second kappa shape index (κ2) is 8.96. The lowest BCUT2D eigenvalue weighted by Gasteiger charge is -2.02. The number of nitrogens with zero attached hydrogens (tertiary/aromatic N) is 4. The third-order valence-corrected chi connectivity index (χ3v) is 4.59. The molecule has 31 heavy (non-hydrogen) atoms. The van der Waals surface area contributed by atoms with Crippen LogP contribution in [0, 0.1) is 6.92 Å². The Morgan fingerprint density at radius 1 is 1.00 bits per heavy atom. The summed E-state index contributed by atoms with van der Waals surface area (Å²) in [6, 6.07) is 22.0. The van der Waals surface area contributed by atoms with E-state index in [2.05, 4.69) is 25.7 Å². The zero-order valence-corrected chi connectivity index (χ0v) is 16.7. The van der Waals surface area contributed by atoms with E-state index in [-0.39, 0.29) is 5.75 Å². The molecule has 4 rings (SSSR count). The van der Waals surface area contributed by atoms with Gasteiger partial charge in [-0.1, -0.05) is 36.4 Å². The van der Waals surface area contributed by atoms with Crippen molar-refractivity contribution in [3.8, 4) is 5.75 Å². The highest BCUT2D eigenvalue weighted by Gasteiger charge is 2.05. The Labute approximate surface area is 178 Å². The molecule has 0 fully saturated rings. The van der Waals surface area contributed by atoms with Crippen molar-refractivity contribution in [3.63, 3.8) is 0 Å². The van der Waals surface area contributed by atoms with E-state index in [1.807, 2.05) is 49.4 Å². The van der Waals surface area contributed by atoms with Gasteiger partial charge in [-0.25, -0.2) is 5.43 Å². The molecule has 1 heterocycles. The second-order valence-corrected chi connectivity index (χ2v) is 6.83. The number of aromatic nitrogens is 1. The smallest absolute Gasteiger partial charge is 0.272 e. The highest BCUT2D eigenvalue weighted by molar-refractivity contribution is 5.95. The van der Waals surface area contributed by atoms with Gasteiger partial charge in [0.1, 0.15) is 5.75 Å². The number of azo groups is 1. The molecule has 0 aliphatic heterocycles. The monoisotopic (exact) mass is 409 g/mol. The molecule has 0 bridgehead atoms. The molecule has 2 N–H and O–H groups in total. The number of carbonyl (C=O) groups excluding carboxylic acids is 1. The lowest BCUT2D eigenvalue weighted by Crippen LogP contribution is -2.17. The molecule has 0 aliphatic rings. The number of pyridine rings is 1. The highest BCUT2D eigenvalue weighted by Crippen LogP contribution is 2.28. The Kier molecular flexibility index (Phi) is 5.75. The van der Waals surface area contributed by atoms with E-state index < -0.39 is 5.91 Å². The van der Waals surface area contributed by atoms with Gasteiger partial charge >= 0.3 is 0 Å². The molecule has 3 aromatic carbocycles. The van der Waals surface area contributed by atoms with Crippen LogP contribution in [0.3, 0.4) is 0 Å². The molecule has 1 amide bonds. The fourth-order valence-corrected chi connectivity index (χ4v) is 2.94. The zero-order valence-electron chi connectivity index (χ0n) is 16.7. The van der Waals surface area contributed by atoms with Crippen LogP contribution in [0.25, 0.3) is 10.8 Å². The van der Waals surface area contributed by atoms with Crippen molar-refractivity contribution in [2.24, 2.45) is 15.3 Å². The molecule has 0 saturated heterocycles. The van der Waals surface area contributed by atoms with Crippen LogP contribution in [-0.4, -0.2) is 22.2 Å². The molecule has 152 valence electrons. The van der Waals surface area contributed by atoms with Crippen molar-refractivity contribution < 1.29 is 9.90 Å². The number of carbonyl (C=O) groups is 1. The number of benzene rings is 3. The van der Waals surface area contributed by atoms with Crippen molar-refractivity contribution in [3.05, 3.63) is 95.8 Å². The normalized spacial score (nSPS) is 11.4. The molecule has 0 saturated carbocycles. The minimum Gasteiger partial charge on any atom is -0.507 e. The summed E-state index contributed by atoms with van der Waals surface area (Å²) >= 11 is 0. The van der Waals surface area contributed by atoms with Gasteiger partial charge in [-0.15, -0.1) is 5.11 Å². The number of aromatic hydroxyl groups is 1. The summed E-state index contributed by atoms with van der Waals surface area (Å²) in [6.45, 7) is 1.84. The van der Waals surface area contributed by atoms with E-state index in [0.717, 1.165) is 22.2 Å². The van der Waals surface area contributed by atoms with E-state index in [1.165, 1.54) is 18.5 Å². The number of fused-ring (bicyclic) bond motifs is 1. The summed E-state index contributed by atoms with van der Waals surface area (Å²) in [5, 5.41) is 24.7. The molecule has 0 aliphatic carbocycles. The average molecular weight is 409 g/mol. The number of hydrazone groups is 1. The molecule has 0 radical (unpaired) electrons. The maximum absolute atomic E-state index is 12.1. The highest BCUT2D eigenvalue weighted by atomic mass is 16.3. The topological polar surface area (TPSA) is 99.3 Å². The number of hydrogen-bond donors (Lipinski definition) is 2. The van der Waals surface area contributed by atoms with Crippen molar-refractivity contribution in [1.29, 1.82) is 0 Å². The number of hydrogen-bond acceptors (Lipinski definition) is 6. The van der Waals surface area contributed by atoms with Gasteiger partial charge < -0.3 is 5.11 Å². The van der Waals surface area contributed by atoms with Gasteiger partial charge in [0.15, 0.2) is 0 Å². The average Bonchev–Trinajstić information content (AvgIpc) is 2.79. The van der Waals surface area contributed by atoms with Crippen LogP contribution < -0.4 is 5.43 Å². The fourth-order valence-electron chi connectivity index (χ4n) is 2.94. The van der Waals surface area contributed by atoms with Gasteiger partial charge in [-0.05, 0) is 48.7 Å². The number of phenols is 1. The third kappa shape index (κ3) is 4.79. The van der Waals surface area contributed by atoms with Crippen LogP contribution in [0.2, 0.25) is 0 Å². The number of phenolic OH excluding ortho intramolecular Hbond substituents is 1. The van der Waals surface area contributed by atoms with Gasteiger partial charge in [0, 0.05) is 22.8 Å².